The second-order valence-corrected chi connectivity index (χ2v) is 6.44. The van der Waals surface area contributed by atoms with Crippen molar-refractivity contribution in [3.05, 3.63) is 23.4 Å². The van der Waals surface area contributed by atoms with E-state index in [-0.39, 0.29) is 11.2 Å². The van der Waals surface area contributed by atoms with Crippen LogP contribution in [0, 0.1) is 0 Å². The van der Waals surface area contributed by atoms with Gasteiger partial charge in [0.15, 0.2) is 0 Å². The molecule has 2 atom stereocenters. The van der Waals surface area contributed by atoms with E-state index in [1.54, 1.807) is 18.4 Å². The van der Waals surface area contributed by atoms with Crippen molar-refractivity contribution in [1.82, 2.24) is 10.3 Å². The molecule has 0 fully saturated rings. The highest BCUT2D eigenvalue weighted by Crippen LogP contribution is 2.11. The van der Waals surface area contributed by atoms with Crippen LogP contribution in [0.15, 0.2) is 12.1 Å². The van der Waals surface area contributed by atoms with Crippen LogP contribution in [0.25, 0.3) is 0 Å². The van der Waals surface area contributed by atoms with Crippen molar-refractivity contribution in [2.24, 2.45) is 0 Å². The number of nitrogens with one attached hydrogen (secondary N) is 2. The molecule has 2 N–H and O–H groups in total. The lowest BCUT2D eigenvalue weighted by atomic mass is 10.2. The van der Waals surface area contributed by atoms with E-state index in [9.17, 15) is 9.00 Å². The molecular formula is C14H23N3O2S. The van der Waals surface area contributed by atoms with Crippen LogP contribution in [0.1, 0.15) is 36.8 Å². The van der Waals surface area contributed by atoms with Crippen LogP contribution in [0.4, 0.5) is 5.82 Å². The Hall–Kier alpha value is -1.43. The van der Waals surface area contributed by atoms with E-state index >= 15 is 0 Å². The van der Waals surface area contributed by atoms with E-state index in [4.69, 9.17) is 0 Å². The molecule has 0 bridgehead atoms. The maximum atomic E-state index is 12.1. The highest BCUT2D eigenvalue weighted by molar-refractivity contribution is 7.84. The molecule has 1 aromatic rings. The molecule has 1 aromatic heterocycles. The Balaban J connectivity index is 2.80. The smallest absolute Gasteiger partial charge is 0.251 e. The normalized spacial score (nSPS) is 13.6. The highest BCUT2D eigenvalue weighted by Gasteiger charge is 2.12. The maximum absolute atomic E-state index is 12.1. The first-order valence-electron chi connectivity index (χ1n) is 6.83. The van der Waals surface area contributed by atoms with Gasteiger partial charge in [0.2, 0.25) is 0 Å². The van der Waals surface area contributed by atoms with Crippen molar-refractivity contribution in [3.8, 4) is 0 Å². The number of carbonyl (C=O) groups excluding carboxylic acids is 1. The van der Waals surface area contributed by atoms with Gasteiger partial charge in [-0.1, -0.05) is 6.92 Å². The molecule has 0 aliphatic heterocycles. The van der Waals surface area contributed by atoms with Crippen molar-refractivity contribution in [2.45, 2.75) is 32.4 Å². The summed E-state index contributed by atoms with van der Waals surface area (Å²) in [6, 6.07) is 3.54. The Labute approximate surface area is 123 Å². The predicted octanol–water partition coefficient (Wildman–Crippen LogP) is 1.57. The molecule has 0 saturated carbocycles. The maximum Gasteiger partial charge on any atom is 0.251 e. The van der Waals surface area contributed by atoms with E-state index in [2.05, 4.69) is 15.6 Å². The third-order valence-corrected chi connectivity index (χ3v) is 4.28. The van der Waals surface area contributed by atoms with Gasteiger partial charge >= 0.3 is 0 Å². The molecule has 20 heavy (non-hydrogen) atoms. The first-order chi connectivity index (χ1) is 9.47. The minimum absolute atomic E-state index is 0.0559. The molecule has 6 heteroatoms. The zero-order valence-electron chi connectivity index (χ0n) is 12.5. The number of pyridine rings is 1. The lowest BCUT2D eigenvalue weighted by Gasteiger charge is -2.12. The van der Waals surface area contributed by atoms with Gasteiger partial charge in [-0.3, -0.25) is 9.00 Å². The topological polar surface area (TPSA) is 71.1 Å². The molecule has 0 spiro atoms. The fraction of sp³-hybridized carbons (Fsp3) is 0.571. The number of anilines is 1. The lowest BCUT2D eigenvalue weighted by molar-refractivity contribution is 0.0954. The van der Waals surface area contributed by atoms with Crippen molar-refractivity contribution >= 4 is 22.5 Å². The number of amides is 1. The Morgan fingerprint density at radius 2 is 2.10 bits per heavy atom. The number of rotatable bonds is 7. The van der Waals surface area contributed by atoms with Gasteiger partial charge in [0, 0.05) is 46.7 Å². The third-order valence-electron chi connectivity index (χ3n) is 2.98. The molecule has 5 nitrogen and oxygen atoms in total. The number of nitrogens with zero attached hydrogens (tertiary/aromatic N) is 1. The highest BCUT2D eigenvalue weighted by atomic mass is 32.2. The summed E-state index contributed by atoms with van der Waals surface area (Å²) >= 11 is 0. The molecular weight excluding hydrogens is 274 g/mol. The molecule has 0 aliphatic carbocycles. The SMILES string of the molecule is CCNc1cc(C(=O)NCC(C)S(C)=O)cc(CC)n1. The summed E-state index contributed by atoms with van der Waals surface area (Å²) in [5, 5.41) is 5.88. The number of hydrogen-bond acceptors (Lipinski definition) is 4. The van der Waals surface area contributed by atoms with E-state index in [1.165, 1.54) is 0 Å². The zero-order valence-corrected chi connectivity index (χ0v) is 13.3. The van der Waals surface area contributed by atoms with Crippen LogP contribution in [0.5, 0.6) is 0 Å². The number of carbonyl (C=O) groups is 1. The molecule has 2 unspecified atom stereocenters. The van der Waals surface area contributed by atoms with Crippen molar-refractivity contribution in [2.75, 3.05) is 24.7 Å². The molecule has 1 heterocycles. The standard InChI is InChI=1S/C14H23N3O2S/c1-5-12-7-11(8-13(17-12)15-6-2)14(18)16-9-10(3)20(4)19/h7-8,10H,5-6,9H2,1-4H3,(H,15,17)(H,16,18). The van der Waals surface area contributed by atoms with Gasteiger partial charge in [-0.05, 0) is 32.4 Å². The second-order valence-electron chi connectivity index (χ2n) is 4.64. The molecule has 1 amide bonds. The van der Waals surface area contributed by atoms with Gasteiger partial charge in [0.1, 0.15) is 5.82 Å². The Bertz CT molecular complexity index is 491. The monoisotopic (exact) mass is 297 g/mol. The van der Waals surface area contributed by atoms with Crippen molar-refractivity contribution in [3.63, 3.8) is 0 Å². The lowest BCUT2D eigenvalue weighted by Crippen LogP contribution is -2.32. The minimum Gasteiger partial charge on any atom is -0.370 e. The summed E-state index contributed by atoms with van der Waals surface area (Å²) in [5.41, 5.74) is 1.46. The van der Waals surface area contributed by atoms with Crippen molar-refractivity contribution in [1.29, 1.82) is 0 Å². The largest absolute Gasteiger partial charge is 0.370 e. The van der Waals surface area contributed by atoms with E-state index in [0.717, 1.165) is 18.7 Å². The van der Waals surface area contributed by atoms with Crippen LogP contribution >= 0.6 is 0 Å². The third kappa shape index (κ3) is 4.92. The van der Waals surface area contributed by atoms with Crippen LogP contribution in [-0.2, 0) is 17.2 Å². The van der Waals surface area contributed by atoms with Gasteiger partial charge in [-0.15, -0.1) is 0 Å². The van der Waals surface area contributed by atoms with Gasteiger partial charge in [0.25, 0.3) is 5.91 Å². The Morgan fingerprint density at radius 1 is 1.40 bits per heavy atom. The van der Waals surface area contributed by atoms with Gasteiger partial charge in [0.05, 0.1) is 0 Å². The molecule has 112 valence electrons. The molecule has 1 rings (SSSR count). The molecule has 0 aromatic carbocycles. The average Bonchev–Trinajstić information content (AvgIpc) is 2.44. The van der Waals surface area contributed by atoms with Crippen molar-refractivity contribution < 1.29 is 9.00 Å². The van der Waals surface area contributed by atoms with E-state index in [1.807, 2.05) is 20.8 Å². The first-order valence-corrected chi connectivity index (χ1v) is 8.45. The fourth-order valence-electron chi connectivity index (χ4n) is 1.63. The summed E-state index contributed by atoms with van der Waals surface area (Å²) in [4.78, 5) is 16.5. The van der Waals surface area contributed by atoms with Gasteiger partial charge in [-0.25, -0.2) is 4.98 Å². The Kier molecular flexibility index (Phi) is 6.64. The van der Waals surface area contributed by atoms with E-state index in [0.29, 0.717) is 17.9 Å². The summed E-state index contributed by atoms with van der Waals surface area (Å²) in [7, 11) is -0.936. The van der Waals surface area contributed by atoms with Crippen LogP contribution in [-0.4, -0.2) is 39.7 Å². The summed E-state index contributed by atoms with van der Waals surface area (Å²) in [5.74, 6) is 0.558. The van der Waals surface area contributed by atoms with E-state index < -0.39 is 10.8 Å². The number of aryl methyl sites for hydroxylation is 1. The summed E-state index contributed by atoms with van der Waals surface area (Å²) in [6.07, 6.45) is 2.41. The zero-order chi connectivity index (χ0) is 15.1. The molecule has 0 radical (unpaired) electrons. The van der Waals surface area contributed by atoms with Gasteiger partial charge < -0.3 is 10.6 Å². The summed E-state index contributed by atoms with van der Waals surface area (Å²) in [6.45, 7) is 7.00. The predicted molar refractivity (Wildman–Crippen MR) is 83.6 cm³/mol. The van der Waals surface area contributed by atoms with Gasteiger partial charge in [-0.2, -0.15) is 0 Å². The molecule has 0 saturated heterocycles. The summed E-state index contributed by atoms with van der Waals surface area (Å²) < 4.78 is 11.3. The second kappa shape index (κ2) is 7.99. The quantitative estimate of drug-likeness (QED) is 0.801. The average molecular weight is 297 g/mol. The fourth-order valence-corrected chi connectivity index (χ4v) is 1.95. The minimum atomic E-state index is -0.936. The van der Waals surface area contributed by atoms with Crippen LogP contribution in [0.2, 0.25) is 0 Å². The van der Waals surface area contributed by atoms with Crippen LogP contribution < -0.4 is 10.6 Å². The van der Waals surface area contributed by atoms with Crippen LogP contribution in [0.3, 0.4) is 0 Å². The number of hydrogen-bond donors (Lipinski definition) is 2. The first kappa shape index (κ1) is 16.6. The number of aromatic nitrogens is 1. The Morgan fingerprint density at radius 3 is 2.65 bits per heavy atom. The molecule has 0 aliphatic rings.